The van der Waals surface area contributed by atoms with Crippen LogP contribution < -0.4 is 9.47 Å². The van der Waals surface area contributed by atoms with Crippen LogP contribution in [-0.4, -0.2) is 13.2 Å². The Balaban J connectivity index is 2.16. The summed E-state index contributed by atoms with van der Waals surface area (Å²) in [7, 11) is 0. The topological polar surface area (TPSA) is 18.5 Å². The maximum absolute atomic E-state index is 6.72. The van der Waals surface area contributed by atoms with Crippen molar-refractivity contribution in [2.45, 2.75) is 51.3 Å². The van der Waals surface area contributed by atoms with Gasteiger partial charge in [0.2, 0.25) is 0 Å². The highest BCUT2D eigenvalue weighted by atomic mass is 35.5. The van der Waals surface area contributed by atoms with Crippen LogP contribution in [0.25, 0.3) is 0 Å². The van der Waals surface area contributed by atoms with E-state index in [1.165, 1.54) is 25.7 Å². The largest absolute Gasteiger partial charge is 0.490 e. The van der Waals surface area contributed by atoms with E-state index in [0.717, 1.165) is 36.7 Å². The minimum atomic E-state index is 0.0621. The minimum Gasteiger partial charge on any atom is -0.490 e. The van der Waals surface area contributed by atoms with Crippen molar-refractivity contribution < 1.29 is 9.47 Å². The van der Waals surface area contributed by atoms with E-state index in [9.17, 15) is 0 Å². The molecule has 3 heteroatoms. The van der Waals surface area contributed by atoms with Crippen LogP contribution in [0.3, 0.4) is 0 Å². The van der Waals surface area contributed by atoms with Crippen molar-refractivity contribution in [3.63, 3.8) is 0 Å². The molecule has 0 aliphatic carbocycles. The lowest BCUT2D eigenvalue weighted by molar-refractivity contribution is 0.297. The Hall–Kier alpha value is -0.890. The second kappa shape index (κ2) is 7.78. The van der Waals surface area contributed by atoms with Gasteiger partial charge in [-0.25, -0.2) is 0 Å². The number of benzene rings is 1. The molecule has 0 amide bonds. The molecule has 0 saturated carbocycles. The van der Waals surface area contributed by atoms with Gasteiger partial charge in [-0.2, -0.15) is 0 Å². The second-order valence-corrected chi connectivity index (χ2v) is 5.97. The highest BCUT2D eigenvalue weighted by Gasteiger charge is 2.21. The van der Waals surface area contributed by atoms with Gasteiger partial charge in [0.1, 0.15) is 0 Å². The Morgan fingerprint density at radius 3 is 2.35 bits per heavy atom. The van der Waals surface area contributed by atoms with Gasteiger partial charge in [0, 0.05) is 6.42 Å². The van der Waals surface area contributed by atoms with Crippen LogP contribution in [0.1, 0.15) is 56.9 Å². The van der Waals surface area contributed by atoms with Gasteiger partial charge in [0.15, 0.2) is 11.5 Å². The Morgan fingerprint density at radius 1 is 1.05 bits per heavy atom. The second-order valence-electron chi connectivity index (χ2n) is 5.50. The zero-order valence-corrected chi connectivity index (χ0v) is 13.3. The van der Waals surface area contributed by atoms with Gasteiger partial charge < -0.3 is 9.47 Å². The van der Waals surface area contributed by atoms with Gasteiger partial charge in [-0.1, -0.05) is 32.8 Å². The number of fused-ring (bicyclic) bond motifs is 1. The number of ether oxygens (including phenoxy) is 2. The van der Waals surface area contributed by atoms with Gasteiger partial charge in [0.05, 0.1) is 18.6 Å². The molecule has 0 spiro atoms. The summed E-state index contributed by atoms with van der Waals surface area (Å²) in [6.07, 6.45) is 5.65. The molecule has 2 nitrogen and oxygen atoms in total. The Kier molecular flexibility index (Phi) is 6.03. The van der Waals surface area contributed by atoms with Crippen LogP contribution in [0.5, 0.6) is 11.5 Å². The van der Waals surface area contributed by atoms with Crippen molar-refractivity contribution in [2.75, 3.05) is 13.2 Å². The molecule has 20 heavy (non-hydrogen) atoms. The monoisotopic (exact) mass is 296 g/mol. The van der Waals surface area contributed by atoms with Crippen LogP contribution in [0.4, 0.5) is 0 Å². The van der Waals surface area contributed by atoms with E-state index in [1.54, 1.807) is 0 Å². The molecule has 1 unspecified atom stereocenters. The molecular weight excluding hydrogens is 272 g/mol. The molecule has 0 radical (unpaired) electrons. The van der Waals surface area contributed by atoms with Crippen LogP contribution >= 0.6 is 11.6 Å². The van der Waals surface area contributed by atoms with Gasteiger partial charge >= 0.3 is 0 Å². The summed E-state index contributed by atoms with van der Waals surface area (Å²) in [5.41, 5.74) is 1.16. The van der Waals surface area contributed by atoms with Crippen LogP contribution in [0, 0.1) is 5.92 Å². The standard InChI is InChI=1S/C17H25ClO2/c1-3-6-13(7-4-2)17(18)14-8-9-15-16(12-14)20-11-5-10-19-15/h8-9,12-13,17H,3-7,10-11H2,1-2H3. The summed E-state index contributed by atoms with van der Waals surface area (Å²) in [6.45, 7) is 5.89. The van der Waals surface area contributed by atoms with Crippen LogP contribution in [0.15, 0.2) is 18.2 Å². The first-order chi connectivity index (χ1) is 9.76. The molecule has 1 atom stereocenters. The lowest BCUT2D eigenvalue weighted by Crippen LogP contribution is -2.08. The summed E-state index contributed by atoms with van der Waals surface area (Å²) in [6, 6.07) is 6.15. The lowest BCUT2D eigenvalue weighted by atomic mass is 9.90. The average Bonchev–Trinajstić information content (AvgIpc) is 2.70. The fourth-order valence-corrected chi connectivity index (χ4v) is 3.19. The van der Waals surface area contributed by atoms with Crippen molar-refractivity contribution in [2.24, 2.45) is 5.92 Å². The summed E-state index contributed by atoms with van der Waals surface area (Å²) < 4.78 is 11.4. The minimum absolute atomic E-state index is 0.0621. The van der Waals surface area contributed by atoms with E-state index in [0.29, 0.717) is 5.92 Å². The number of halogens is 1. The summed E-state index contributed by atoms with van der Waals surface area (Å²) in [5.74, 6) is 2.23. The third-order valence-corrected chi connectivity index (χ3v) is 4.43. The Labute approximate surface area is 127 Å². The molecule has 0 aromatic heterocycles. The molecular formula is C17H25ClO2. The first kappa shape index (κ1) is 15.5. The Bertz CT molecular complexity index is 413. The van der Waals surface area contributed by atoms with Crippen molar-refractivity contribution in [3.05, 3.63) is 23.8 Å². The summed E-state index contributed by atoms with van der Waals surface area (Å²) in [5, 5.41) is 0.0621. The molecule has 1 aliphatic rings. The third kappa shape index (κ3) is 3.82. The first-order valence-corrected chi connectivity index (χ1v) is 8.23. The molecule has 0 fully saturated rings. The zero-order chi connectivity index (χ0) is 14.4. The third-order valence-electron chi connectivity index (χ3n) is 3.82. The highest BCUT2D eigenvalue weighted by molar-refractivity contribution is 6.21. The molecule has 112 valence electrons. The normalized spacial score (nSPS) is 16.0. The molecule has 0 N–H and O–H groups in total. The van der Waals surface area contributed by atoms with Crippen molar-refractivity contribution in [3.8, 4) is 11.5 Å². The molecule has 1 aromatic carbocycles. The van der Waals surface area contributed by atoms with E-state index in [-0.39, 0.29) is 5.38 Å². The molecule has 0 saturated heterocycles. The molecule has 1 heterocycles. The summed E-state index contributed by atoms with van der Waals surface area (Å²) in [4.78, 5) is 0. The SMILES string of the molecule is CCCC(CCC)C(Cl)c1ccc2c(c1)OCCCO2. The average molecular weight is 297 g/mol. The van der Waals surface area contributed by atoms with E-state index in [1.807, 2.05) is 6.07 Å². The molecule has 1 aliphatic heterocycles. The maximum atomic E-state index is 6.72. The van der Waals surface area contributed by atoms with E-state index in [2.05, 4.69) is 26.0 Å². The number of alkyl halides is 1. The van der Waals surface area contributed by atoms with Crippen LogP contribution in [0.2, 0.25) is 0 Å². The fourth-order valence-electron chi connectivity index (χ4n) is 2.80. The van der Waals surface area contributed by atoms with Gasteiger partial charge in [0.25, 0.3) is 0 Å². The predicted octanol–water partition coefficient (Wildman–Crippen LogP) is 5.34. The van der Waals surface area contributed by atoms with Crippen molar-refractivity contribution in [1.82, 2.24) is 0 Å². The fraction of sp³-hybridized carbons (Fsp3) is 0.647. The number of hydrogen-bond acceptors (Lipinski definition) is 2. The van der Waals surface area contributed by atoms with E-state index >= 15 is 0 Å². The predicted molar refractivity (Wildman–Crippen MR) is 83.9 cm³/mol. The van der Waals surface area contributed by atoms with Gasteiger partial charge in [-0.15, -0.1) is 11.6 Å². The smallest absolute Gasteiger partial charge is 0.161 e. The Morgan fingerprint density at radius 2 is 1.70 bits per heavy atom. The van der Waals surface area contributed by atoms with E-state index < -0.39 is 0 Å². The highest BCUT2D eigenvalue weighted by Crippen LogP contribution is 2.39. The lowest BCUT2D eigenvalue weighted by Gasteiger charge is -2.22. The van der Waals surface area contributed by atoms with Crippen LogP contribution in [-0.2, 0) is 0 Å². The maximum Gasteiger partial charge on any atom is 0.161 e. The van der Waals surface area contributed by atoms with Gasteiger partial charge in [-0.3, -0.25) is 0 Å². The number of rotatable bonds is 6. The summed E-state index contributed by atoms with van der Waals surface area (Å²) >= 11 is 6.72. The number of hydrogen-bond donors (Lipinski definition) is 0. The zero-order valence-electron chi connectivity index (χ0n) is 12.5. The molecule has 0 bridgehead atoms. The quantitative estimate of drug-likeness (QED) is 0.659. The first-order valence-electron chi connectivity index (χ1n) is 7.79. The molecule has 2 rings (SSSR count). The van der Waals surface area contributed by atoms with Crippen molar-refractivity contribution >= 4 is 11.6 Å². The van der Waals surface area contributed by atoms with Gasteiger partial charge in [-0.05, 0) is 36.5 Å². The molecule has 1 aromatic rings. The van der Waals surface area contributed by atoms with E-state index in [4.69, 9.17) is 21.1 Å². The van der Waals surface area contributed by atoms with Crippen molar-refractivity contribution in [1.29, 1.82) is 0 Å².